The van der Waals surface area contributed by atoms with Crippen molar-refractivity contribution in [2.75, 3.05) is 26.3 Å². The Hall–Kier alpha value is -0.120. The summed E-state index contributed by atoms with van der Waals surface area (Å²) in [6, 6.07) is 0. The maximum atomic E-state index is 9.68. The third kappa shape index (κ3) is 9.57. The van der Waals surface area contributed by atoms with E-state index in [1.165, 1.54) is 0 Å². The summed E-state index contributed by atoms with van der Waals surface area (Å²) in [5.41, 5.74) is 0.315. The third-order valence-corrected chi connectivity index (χ3v) is 3.26. The van der Waals surface area contributed by atoms with Crippen LogP contribution in [0.4, 0.5) is 0 Å². The SMILES string of the molecule is CCCCOCC(O)CNCC(C)C(C)(C)C. The molecule has 2 unspecified atom stereocenters. The number of aliphatic hydroxyl groups excluding tert-OH is 1. The van der Waals surface area contributed by atoms with Crippen LogP contribution >= 0.6 is 0 Å². The van der Waals surface area contributed by atoms with Gasteiger partial charge in [0.05, 0.1) is 12.7 Å². The fourth-order valence-corrected chi connectivity index (χ4v) is 1.30. The first-order valence-electron chi connectivity index (χ1n) is 6.84. The van der Waals surface area contributed by atoms with Gasteiger partial charge in [-0.1, -0.05) is 41.0 Å². The Morgan fingerprint density at radius 1 is 1.24 bits per heavy atom. The van der Waals surface area contributed by atoms with Crippen molar-refractivity contribution in [2.45, 2.75) is 53.6 Å². The van der Waals surface area contributed by atoms with E-state index >= 15 is 0 Å². The maximum Gasteiger partial charge on any atom is 0.0897 e. The Kier molecular flexibility index (Phi) is 8.83. The molecule has 0 heterocycles. The molecule has 17 heavy (non-hydrogen) atoms. The van der Waals surface area contributed by atoms with Crippen molar-refractivity contribution in [1.29, 1.82) is 0 Å². The molecular weight excluding hydrogens is 214 g/mol. The molecule has 0 spiro atoms. The highest BCUT2D eigenvalue weighted by Crippen LogP contribution is 2.24. The van der Waals surface area contributed by atoms with E-state index in [1.807, 2.05) is 0 Å². The Morgan fingerprint density at radius 3 is 2.41 bits per heavy atom. The largest absolute Gasteiger partial charge is 0.389 e. The van der Waals surface area contributed by atoms with Crippen LogP contribution in [0.1, 0.15) is 47.5 Å². The monoisotopic (exact) mass is 245 g/mol. The van der Waals surface area contributed by atoms with Gasteiger partial charge in [-0.05, 0) is 24.3 Å². The van der Waals surface area contributed by atoms with Crippen LogP contribution in [0, 0.1) is 11.3 Å². The fourth-order valence-electron chi connectivity index (χ4n) is 1.30. The molecule has 0 rings (SSSR count). The van der Waals surface area contributed by atoms with Crippen LogP contribution in [0.15, 0.2) is 0 Å². The minimum Gasteiger partial charge on any atom is -0.389 e. The van der Waals surface area contributed by atoms with E-state index in [0.717, 1.165) is 26.0 Å². The quantitative estimate of drug-likeness (QED) is 0.613. The number of unbranched alkanes of at least 4 members (excludes halogenated alkanes) is 1. The van der Waals surface area contributed by atoms with Crippen LogP contribution in [0.2, 0.25) is 0 Å². The van der Waals surface area contributed by atoms with Gasteiger partial charge in [0.25, 0.3) is 0 Å². The van der Waals surface area contributed by atoms with Gasteiger partial charge in [-0.3, -0.25) is 0 Å². The van der Waals surface area contributed by atoms with Gasteiger partial charge >= 0.3 is 0 Å². The summed E-state index contributed by atoms with van der Waals surface area (Å²) in [6.45, 7) is 13.8. The highest BCUT2D eigenvalue weighted by molar-refractivity contribution is 4.72. The third-order valence-electron chi connectivity index (χ3n) is 3.26. The van der Waals surface area contributed by atoms with Crippen molar-refractivity contribution >= 4 is 0 Å². The predicted molar refractivity (Wildman–Crippen MR) is 73.2 cm³/mol. The van der Waals surface area contributed by atoms with Gasteiger partial charge in [-0.25, -0.2) is 0 Å². The van der Waals surface area contributed by atoms with Crippen LogP contribution in [-0.2, 0) is 4.74 Å². The zero-order chi connectivity index (χ0) is 13.3. The summed E-state index contributed by atoms with van der Waals surface area (Å²) in [5.74, 6) is 0.593. The highest BCUT2D eigenvalue weighted by Gasteiger charge is 2.19. The molecule has 3 heteroatoms. The van der Waals surface area contributed by atoms with Crippen LogP contribution in [0.5, 0.6) is 0 Å². The molecule has 3 nitrogen and oxygen atoms in total. The van der Waals surface area contributed by atoms with E-state index in [0.29, 0.717) is 24.5 Å². The lowest BCUT2D eigenvalue weighted by molar-refractivity contribution is 0.0349. The minimum absolute atomic E-state index is 0.315. The summed E-state index contributed by atoms with van der Waals surface area (Å²) in [4.78, 5) is 0. The van der Waals surface area contributed by atoms with Crippen LogP contribution in [0.25, 0.3) is 0 Å². The zero-order valence-corrected chi connectivity index (χ0v) is 12.3. The number of hydrogen-bond donors (Lipinski definition) is 2. The van der Waals surface area contributed by atoms with Gasteiger partial charge in [0, 0.05) is 13.2 Å². The summed E-state index contributed by atoms with van der Waals surface area (Å²) in [6.07, 6.45) is 1.82. The lowest BCUT2D eigenvalue weighted by atomic mass is 9.82. The standard InChI is InChI=1S/C14H31NO2/c1-6-7-8-17-11-13(16)10-15-9-12(2)14(3,4)5/h12-13,15-16H,6-11H2,1-5H3. The van der Waals surface area contributed by atoms with Gasteiger partial charge in [-0.15, -0.1) is 0 Å². The molecule has 0 aliphatic rings. The molecule has 0 aromatic rings. The fraction of sp³-hybridized carbons (Fsp3) is 1.00. The Bertz CT molecular complexity index is 178. The van der Waals surface area contributed by atoms with E-state index in [1.54, 1.807) is 0 Å². The second kappa shape index (κ2) is 8.90. The molecule has 0 aliphatic carbocycles. The van der Waals surface area contributed by atoms with Gasteiger partial charge < -0.3 is 15.2 Å². The van der Waals surface area contributed by atoms with Gasteiger partial charge in [0.2, 0.25) is 0 Å². The molecule has 0 aromatic heterocycles. The second-order valence-electron chi connectivity index (χ2n) is 6.01. The molecule has 104 valence electrons. The zero-order valence-electron chi connectivity index (χ0n) is 12.3. The number of aliphatic hydroxyl groups is 1. The summed E-state index contributed by atoms with van der Waals surface area (Å²) >= 11 is 0. The molecule has 0 aromatic carbocycles. The molecule has 2 atom stereocenters. The molecule has 0 amide bonds. The normalized spacial score (nSPS) is 15.9. The van der Waals surface area contributed by atoms with Crippen LogP contribution < -0.4 is 5.32 Å². The van der Waals surface area contributed by atoms with E-state index in [9.17, 15) is 5.11 Å². The van der Waals surface area contributed by atoms with Gasteiger partial charge in [0.1, 0.15) is 0 Å². The van der Waals surface area contributed by atoms with Crippen LogP contribution in [0.3, 0.4) is 0 Å². The second-order valence-corrected chi connectivity index (χ2v) is 6.01. The summed E-state index contributed by atoms with van der Waals surface area (Å²) in [7, 11) is 0. The number of ether oxygens (including phenoxy) is 1. The Balaban J connectivity index is 3.48. The van der Waals surface area contributed by atoms with E-state index in [2.05, 4.69) is 39.9 Å². The average molecular weight is 245 g/mol. The van der Waals surface area contributed by atoms with Crippen molar-refractivity contribution < 1.29 is 9.84 Å². The molecule has 0 bridgehead atoms. The lowest BCUT2D eigenvalue weighted by Gasteiger charge is -2.27. The minimum atomic E-state index is -0.390. The number of nitrogens with one attached hydrogen (secondary N) is 1. The molecule has 0 saturated carbocycles. The first kappa shape index (κ1) is 16.9. The predicted octanol–water partition coefficient (Wildman–Crippen LogP) is 2.44. The van der Waals surface area contributed by atoms with E-state index in [4.69, 9.17) is 4.74 Å². The molecule has 0 radical (unpaired) electrons. The summed E-state index contributed by atoms with van der Waals surface area (Å²) < 4.78 is 5.37. The molecular formula is C14H31NO2. The van der Waals surface area contributed by atoms with Crippen LogP contribution in [-0.4, -0.2) is 37.5 Å². The van der Waals surface area contributed by atoms with E-state index in [-0.39, 0.29) is 6.10 Å². The smallest absolute Gasteiger partial charge is 0.0897 e. The van der Waals surface area contributed by atoms with Crippen molar-refractivity contribution in [2.24, 2.45) is 11.3 Å². The Morgan fingerprint density at radius 2 is 1.88 bits per heavy atom. The molecule has 0 saturated heterocycles. The lowest BCUT2D eigenvalue weighted by Crippen LogP contribution is -2.36. The first-order valence-corrected chi connectivity index (χ1v) is 6.84. The van der Waals surface area contributed by atoms with Crippen molar-refractivity contribution in [3.05, 3.63) is 0 Å². The highest BCUT2D eigenvalue weighted by atomic mass is 16.5. The molecule has 2 N–H and O–H groups in total. The van der Waals surface area contributed by atoms with Crippen molar-refractivity contribution in [3.63, 3.8) is 0 Å². The summed E-state index contributed by atoms with van der Waals surface area (Å²) in [5, 5.41) is 13.0. The maximum absolute atomic E-state index is 9.68. The number of rotatable bonds is 9. The topological polar surface area (TPSA) is 41.5 Å². The van der Waals surface area contributed by atoms with Gasteiger partial charge in [-0.2, -0.15) is 0 Å². The van der Waals surface area contributed by atoms with Gasteiger partial charge in [0.15, 0.2) is 0 Å². The Labute approximate surface area is 107 Å². The van der Waals surface area contributed by atoms with Crippen molar-refractivity contribution in [3.8, 4) is 0 Å². The van der Waals surface area contributed by atoms with E-state index < -0.39 is 0 Å². The number of hydrogen-bond acceptors (Lipinski definition) is 3. The average Bonchev–Trinajstić information content (AvgIpc) is 2.23. The molecule has 0 aliphatic heterocycles. The molecule has 0 fully saturated rings. The van der Waals surface area contributed by atoms with Crippen molar-refractivity contribution in [1.82, 2.24) is 5.32 Å². The first-order chi connectivity index (χ1) is 7.88.